The molecular formula is C23H46KNO2. The van der Waals surface area contributed by atoms with E-state index in [0.717, 1.165) is 38.8 Å². The van der Waals surface area contributed by atoms with Crippen LogP contribution in [-0.2, 0) is 4.79 Å². The number of aliphatic carboxylic acids is 1. The van der Waals surface area contributed by atoms with Crippen molar-refractivity contribution < 1.29 is 61.3 Å². The second-order valence-corrected chi connectivity index (χ2v) is 7.90. The number of carbonyl (C=O) groups is 1. The molecule has 3 nitrogen and oxygen atoms in total. The summed E-state index contributed by atoms with van der Waals surface area (Å²) in [5, 5.41) is 11.6. The molecule has 0 aliphatic rings. The summed E-state index contributed by atoms with van der Waals surface area (Å²) < 4.78 is 0. The molecule has 0 amide bonds. The third-order valence-electron chi connectivity index (χ3n) is 5.37. The fourth-order valence-corrected chi connectivity index (χ4v) is 3.69. The van der Waals surface area contributed by atoms with Crippen molar-refractivity contribution in [2.45, 2.75) is 130 Å². The molecule has 0 aromatic heterocycles. The van der Waals surface area contributed by atoms with Gasteiger partial charge in [-0.1, -0.05) is 104 Å². The molecule has 0 rings (SSSR count). The Bertz CT molecular complexity index is 295. The van der Waals surface area contributed by atoms with Gasteiger partial charge >= 0.3 is 51.4 Å². The fraction of sp³-hybridized carbons (Fsp3) is 0.957. The van der Waals surface area contributed by atoms with Crippen molar-refractivity contribution in [3.05, 3.63) is 0 Å². The third kappa shape index (κ3) is 18.8. The fourth-order valence-electron chi connectivity index (χ4n) is 3.69. The molecule has 0 aliphatic carbocycles. The first-order valence-corrected chi connectivity index (χ1v) is 11.6. The number of carbonyl (C=O) groups excluding carboxylic acids is 1. The molecule has 0 saturated carbocycles. The zero-order valence-electron chi connectivity index (χ0n) is 19.1. The molecule has 1 atom stereocenters. The molecule has 0 heterocycles. The number of hydrogen-bond acceptors (Lipinski definition) is 3. The number of carboxylic acid groups (broad SMARTS) is 1. The van der Waals surface area contributed by atoms with Gasteiger partial charge in [0.05, 0.1) is 5.97 Å². The van der Waals surface area contributed by atoms with Gasteiger partial charge in [0.1, 0.15) is 0 Å². The first-order chi connectivity index (χ1) is 12.7. The van der Waals surface area contributed by atoms with E-state index in [0.29, 0.717) is 0 Å². The smallest absolute Gasteiger partial charge is 0.548 e. The molecule has 0 saturated heterocycles. The van der Waals surface area contributed by atoms with Gasteiger partial charge in [0.2, 0.25) is 0 Å². The van der Waals surface area contributed by atoms with E-state index in [9.17, 15) is 9.90 Å². The standard InChI is InChI=1S/C23H47NO2.K/c1-4-7-9-11-13-15-17-20-24(22(19-6-3)23(25)26)21-18-16-14-12-10-8-5-2;/h22H,4-21H2,1-3H3,(H,25,26);/q;+1/p-1. The Hall–Kier alpha value is 1.07. The van der Waals surface area contributed by atoms with E-state index in [1.54, 1.807) is 0 Å². The summed E-state index contributed by atoms with van der Waals surface area (Å²) in [6.45, 7) is 8.39. The van der Waals surface area contributed by atoms with Gasteiger partial charge in [-0.25, -0.2) is 0 Å². The van der Waals surface area contributed by atoms with E-state index in [4.69, 9.17) is 0 Å². The Kier molecular flexibility index (Phi) is 26.2. The molecule has 0 N–H and O–H groups in total. The molecule has 0 aromatic carbocycles. The van der Waals surface area contributed by atoms with E-state index in [1.165, 1.54) is 77.0 Å². The molecule has 156 valence electrons. The second-order valence-electron chi connectivity index (χ2n) is 7.90. The average molecular weight is 408 g/mol. The zero-order valence-corrected chi connectivity index (χ0v) is 22.2. The van der Waals surface area contributed by atoms with Crippen molar-refractivity contribution in [1.29, 1.82) is 0 Å². The Morgan fingerprint density at radius 3 is 1.37 bits per heavy atom. The van der Waals surface area contributed by atoms with Crippen LogP contribution in [0.15, 0.2) is 0 Å². The largest absolute Gasteiger partial charge is 1.00 e. The number of carboxylic acids is 1. The average Bonchev–Trinajstić information content (AvgIpc) is 2.63. The van der Waals surface area contributed by atoms with Gasteiger partial charge in [0.15, 0.2) is 0 Å². The van der Waals surface area contributed by atoms with E-state index in [2.05, 4.69) is 25.7 Å². The maximum Gasteiger partial charge on any atom is 1.00 e. The van der Waals surface area contributed by atoms with Crippen molar-refractivity contribution in [2.75, 3.05) is 13.1 Å². The van der Waals surface area contributed by atoms with Crippen LogP contribution in [0.5, 0.6) is 0 Å². The molecule has 1 unspecified atom stereocenters. The SMILES string of the molecule is CCCCCCCCCN(CCCCCCCCC)C(CCC)C(=O)[O-].[K+]. The van der Waals surface area contributed by atoms with Crippen molar-refractivity contribution in [3.8, 4) is 0 Å². The molecule has 0 aromatic rings. The van der Waals surface area contributed by atoms with Gasteiger partial charge in [-0.3, -0.25) is 4.90 Å². The van der Waals surface area contributed by atoms with E-state index >= 15 is 0 Å². The minimum absolute atomic E-state index is 0. The van der Waals surface area contributed by atoms with Gasteiger partial charge < -0.3 is 9.90 Å². The minimum Gasteiger partial charge on any atom is -0.548 e. The predicted octanol–water partition coefficient (Wildman–Crippen LogP) is 2.71. The topological polar surface area (TPSA) is 43.4 Å². The van der Waals surface area contributed by atoms with Crippen LogP contribution in [-0.4, -0.2) is 30.0 Å². The molecule has 4 heteroatoms. The Labute approximate surface area is 212 Å². The van der Waals surface area contributed by atoms with E-state index < -0.39 is 5.97 Å². The van der Waals surface area contributed by atoms with Gasteiger partial charge in [-0.2, -0.15) is 0 Å². The molecule has 0 fully saturated rings. The summed E-state index contributed by atoms with van der Waals surface area (Å²) >= 11 is 0. The first-order valence-electron chi connectivity index (χ1n) is 11.6. The summed E-state index contributed by atoms with van der Waals surface area (Å²) in [6, 6.07) is -0.389. The van der Waals surface area contributed by atoms with Crippen LogP contribution in [0, 0.1) is 0 Å². The summed E-state index contributed by atoms with van der Waals surface area (Å²) in [4.78, 5) is 13.8. The second kappa shape index (κ2) is 23.3. The maximum absolute atomic E-state index is 11.6. The van der Waals surface area contributed by atoms with Gasteiger partial charge in [0.25, 0.3) is 0 Å². The van der Waals surface area contributed by atoms with Crippen LogP contribution in [0.25, 0.3) is 0 Å². The number of rotatable bonds is 20. The Balaban J connectivity index is 0. The monoisotopic (exact) mass is 407 g/mol. The summed E-state index contributed by atoms with van der Waals surface area (Å²) in [7, 11) is 0. The molecule has 0 radical (unpaired) electrons. The molecule has 27 heavy (non-hydrogen) atoms. The van der Waals surface area contributed by atoms with Crippen molar-refractivity contribution in [1.82, 2.24) is 4.90 Å². The molecule has 0 aliphatic heterocycles. The van der Waals surface area contributed by atoms with Crippen LogP contribution in [0.4, 0.5) is 0 Å². The van der Waals surface area contributed by atoms with Gasteiger partial charge in [-0.15, -0.1) is 0 Å². The summed E-state index contributed by atoms with van der Waals surface area (Å²) in [5.41, 5.74) is 0. The van der Waals surface area contributed by atoms with Crippen molar-refractivity contribution in [2.24, 2.45) is 0 Å². The first kappa shape index (κ1) is 30.3. The summed E-state index contributed by atoms with van der Waals surface area (Å²) in [5.74, 6) is -0.877. The van der Waals surface area contributed by atoms with Crippen molar-refractivity contribution in [3.63, 3.8) is 0 Å². The van der Waals surface area contributed by atoms with E-state index in [1.807, 2.05) is 0 Å². The summed E-state index contributed by atoms with van der Waals surface area (Å²) in [6.07, 6.45) is 19.5. The van der Waals surface area contributed by atoms with Gasteiger partial charge in [-0.05, 0) is 32.4 Å². The minimum atomic E-state index is -0.877. The quantitative estimate of drug-likeness (QED) is 0.230. The normalized spacial score (nSPS) is 12.1. The van der Waals surface area contributed by atoms with E-state index in [-0.39, 0.29) is 57.4 Å². The third-order valence-corrected chi connectivity index (χ3v) is 5.37. The van der Waals surface area contributed by atoms with Crippen LogP contribution >= 0.6 is 0 Å². The molecular weight excluding hydrogens is 361 g/mol. The number of unbranched alkanes of at least 4 members (excludes halogenated alkanes) is 12. The maximum atomic E-state index is 11.6. The molecule has 0 spiro atoms. The van der Waals surface area contributed by atoms with Crippen LogP contribution < -0.4 is 56.5 Å². The predicted molar refractivity (Wildman–Crippen MR) is 111 cm³/mol. The Morgan fingerprint density at radius 1 is 0.667 bits per heavy atom. The number of nitrogens with zero attached hydrogens (tertiary/aromatic N) is 1. The molecule has 0 bridgehead atoms. The van der Waals surface area contributed by atoms with Crippen LogP contribution in [0.3, 0.4) is 0 Å². The van der Waals surface area contributed by atoms with Crippen molar-refractivity contribution >= 4 is 5.97 Å². The van der Waals surface area contributed by atoms with Crippen LogP contribution in [0.1, 0.15) is 124 Å². The zero-order chi connectivity index (χ0) is 19.5. The number of hydrogen-bond donors (Lipinski definition) is 0. The Morgan fingerprint density at radius 2 is 1.04 bits per heavy atom. The van der Waals surface area contributed by atoms with Gasteiger partial charge in [0, 0.05) is 6.04 Å². The van der Waals surface area contributed by atoms with Crippen LogP contribution in [0.2, 0.25) is 0 Å².